The zero-order valence-corrected chi connectivity index (χ0v) is 62.0. The number of rotatable bonds is 10. The Bertz CT molecular complexity index is 5130. The third kappa shape index (κ3) is 24.6. The summed E-state index contributed by atoms with van der Waals surface area (Å²) in [7, 11) is 0.515. The summed E-state index contributed by atoms with van der Waals surface area (Å²) >= 11 is 9.47. The number of nitro benzene ring substituents is 1. The zero-order valence-electron chi connectivity index (χ0n) is 56.3. The van der Waals surface area contributed by atoms with Crippen molar-refractivity contribution in [2.75, 3.05) is 57.2 Å². The molecule has 0 saturated heterocycles. The van der Waals surface area contributed by atoms with Gasteiger partial charge in [-0.1, -0.05) is 95.7 Å². The van der Waals surface area contributed by atoms with Crippen molar-refractivity contribution < 1.29 is 73.3 Å². The summed E-state index contributed by atoms with van der Waals surface area (Å²) in [5.74, 6) is 1.22. The summed E-state index contributed by atoms with van der Waals surface area (Å²) in [6.45, 7) is 7.21. The van der Waals surface area contributed by atoms with Gasteiger partial charge in [-0.05, 0) is 162 Å². The van der Waals surface area contributed by atoms with Crippen LogP contribution in [-0.2, 0) is 23.1 Å². The van der Waals surface area contributed by atoms with Crippen LogP contribution in [0.5, 0.6) is 17.2 Å². The molecule has 0 aliphatic carbocycles. The summed E-state index contributed by atoms with van der Waals surface area (Å²) < 4.78 is 147. The number of nitrogens with one attached hydrogen (secondary N) is 1. The highest BCUT2D eigenvalue weighted by Crippen LogP contribution is 2.42. The van der Waals surface area contributed by atoms with Crippen LogP contribution in [0.3, 0.4) is 0 Å². The van der Waals surface area contributed by atoms with E-state index in [9.17, 15) is 54.2 Å². The van der Waals surface area contributed by atoms with Gasteiger partial charge in [-0.3, -0.25) is 10.1 Å². The number of anilines is 5. The van der Waals surface area contributed by atoms with E-state index in [1.54, 1.807) is 123 Å². The van der Waals surface area contributed by atoms with Gasteiger partial charge in [0.2, 0.25) is 17.8 Å². The normalized spacial score (nSPS) is 10.8. The van der Waals surface area contributed by atoms with E-state index in [2.05, 4.69) is 123 Å². The van der Waals surface area contributed by atoms with Crippen LogP contribution in [0, 0.1) is 35.4 Å². The summed E-state index contributed by atoms with van der Waals surface area (Å²) in [6, 6.07) is 44.3. The molecular formula is C69H64BBr3F9N16O8P. The molecule has 0 radical (unpaired) electrons. The van der Waals surface area contributed by atoms with Crippen molar-refractivity contribution >= 4 is 141 Å². The average Bonchev–Trinajstić information content (AvgIpc) is 0.775. The number of nitrogen functional groups attached to an aromatic ring is 3. The van der Waals surface area contributed by atoms with E-state index < -0.39 is 54.4 Å². The van der Waals surface area contributed by atoms with Crippen LogP contribution in [0.2, 0.25) is 0 Å². The van der Waals surface area contributed by atoms with Crippen molar-refractivity contribution in [3.63, 3.8) is 0 Å². The number of ether oxygens (including phenoxy) is 3. The zero-order chi connectivity index (χ0) is 78.6. The number of halogens is 12. The average molecular weight is 1700 g/mol. The number of benzene rings is 9. The molecule has 3 heterocycles. The number of fused-ring (bicyclic) bond motifs is 3. The maximum atomic E-state index is 13.5. The van der Waals surface area contributed by atoms with Crippen molar-refractivity contribution in [2.45, 2.75) is 39.8 Å². The van der Waals surface area contributed by atoms with Crippen LogP contribution in [0.25, 0.3) is 55.4 Å². The highest BCUT2D eigenvalue weighted by atomic mass is 79.9. The fraction of sp³-hybridized carbons (Fsp3) is 0.159. The number of nitro groups is 1. The van der Waals surface area contributed by atoms with E-state index in [1.165, 1.54) is 39.2 Å². The van der Waals surface area contributed by atoms with Gasteiger partial charge < -0.3 is 57.1 Å². The van der Waals surface area contributed by atoms with Crippen LogP contribution in [0.15, 0.2) is 183 Å². The predicted octanol–water partition coefficient (Wildman–Crippen LogP) is 15.8. The van der Waals surface area contributed by atoms with Crippen molar-refractivity contribution in [3.05, 3.63) is 221 Å². The second kappa shape index (κ2) is 38.4. The van der Waals surface area contributed by atoms with Crippen molar-refractivity contribution in [3.8, 4) is 45.7 Å². The van der Waals surface area contributed by atoms with Crippen molar-refractivity contribution in [1.29, 1.82) is 5.26 Å². The molecule has 0 bridgehead atoms. The SMILES string of the molecule is C.COc1ccccc1-c1cc(C(F)(F)F)cc2nnc(N)nc12.COc1ccccc1-c1cc(C(F)(F)F)cc2nnc(Nc3ccc(P(C)(C)=O)cc3)nc12.COc1ccccc1B(O)O.Cc1cc(Br)c(N)c([N+](=O)[O-])c1.Cc1ccc(Br)cc1.N#CN.Nc1nnc2cc(C(F)(F)F)cc(Br)c2n1. The molecule has 38 heteroatoms. The lowest BCUT2D eigenvalue weighted by atomic mass is 9.80. The number of aromatic nitrogens is 9. The van der Waals surface area contributed by atoms with Gasteiger partial charge in [-0.15, -0.1) is 30.6 Å². The van der Waals surface area contributed by atoms with Gasteiger partial charge in [0, 0.05) is 58.2 Å². The fourth-order valence-corrected chi connectivity index (χ4v) is 11.4. The van der Waals surface area contributed by atoms with Gasteiger partial charge in [-0.25, -0.2) is 15.0 Å². The monoisotopic (exact) mass is 1690 g/mol. The van der Waals surface area contributed by atoms with Crippen LogP contribution in [0.4, 0.5) is 74.4 Å². The highest BCUT2D eigenvalue weighted by molar-refractivity contribution is 9.11. The lowest BCUT2D eigenvalue weighted by molar-refractivity contribution is -0.384. The van der Waals surface area contributed by atoms with Gasteiger partial charge >= 0.3 is 25.6 Å². The van der Waals surface area contributed by atoms with Gasteiger partial charge in [-0.2, -0.15) is 44.8 Å². The molecule has 0 aliphatic heterocycles. The van der Waals surface area contributed by atoms with Gasteiger partial charge in [0.15, 0.2) is 6.19 Å². The molecule has 3 aromatic heterocycles. The van der Waals surface area contributed by atoms with Crippen LogP contribution >= 0.6 is 54.9 Å². The van der Waals surface area contributed by atoms with E-state index in [0.717, 1.165) is 51.7 Å². The Kier molecular flexibility index (Phi) is 31.1. The Morgan fingerprint density at radius 2 is 0.953 bits per heavy atom. The van der Waals surface area contributed by atoms with E-state index in [1.807, 2.05) is 12.1 Å². The molecule has 12 rings (SSSR count). The van der Waals surface area contributed by atoms with E-state index in [4.69, 9.17) is 46.7 Å². The lowest BCUT2D eigenvalue weighted by Gasteiger charge is -2.14. The maximum Gasteiger partial charge on any atom is 0.492 e. The molecule has 11 N–H and O–H groups in total. The summed E-state index contributed by atoms with van der Waals surface area (Å²) in [6.07, 6.45) is -12.3. The molecule has 0 aliphatic rings. The first-order chi connectivity index (χ1) is 49.8. The highest BCUT2D eigenvalue weighted by Gasteiger charge is 2.35. The molecule has 107 heavy (non-hydrogen) atoms. The molecule has 560 valence electrons. The van der Waals surface area contributed by atoms with Crippen molar-refractivity contribution in [2.24, 2.45) is 5.73 Å². The number of nitriles is 1. The third-order valence-electron chi connectivity index (χ3n) is 14.1. The molecule has 9 aromatic carbocycles. The molecular weight excluding hydrogens is 1630 g/mol. The van der Waals surface area contributed by atoms with Crippen LogP contribution in [-0.4, -0.2) is 102 Å². The molecule has 0 fully saturated rings. The predicted molar refractivity (Wildman–Crippen MR) is 404 cm³/mol. The molecule has 0 saturated carbocycles. The standard InChI is InChI=1S/C23H20F3N4O2P.C15H11F3N4O.C8H4BrF3N4.C7H9BO3.C7H7BrN2O2.C7H7Br.CH2N2.CH4/c1-32-20-7-5-4-6-17(20)18-12-14(23(24,25)26)13-19-21(18)28-22(30-29-19)27-15-8-10-16(11-9-15)33(2,3)31;1-23-12-5-3-2-4-9(12)10-6-8(15(16,17)18)7-11-13(10)20-14(19)22-21-11;9-4-1-3(8(10,11)12)2-5-6(4)14-7(13)16-15-5;1-11-7-5-3-2-4-6(7)8(9)10;1-4-2-5(8)7(9)6(3-4)10(11)12;1-6-2-4-7(8)5-3-6;2-1-3;/h4-13H,1-3H3,(H,27,28,30);2-7H,1H3,(H2,19,20,22);1-2H,(H2,13,14,16);2-5,9-10H,1H3;2-3H,9H2,1H3;2-5H,1H3;2H2;1H4. The largest absolute Gasteiger partial charge is 0.497 e. The van der Waals surface area contributed by atoms with E-state index in [0.29, 0.717) is 44.0 Å². The number of nitrogens with two attached hydrogens (primary N) is 4. The number of alkyl halides is 9. The van der Waals surface area contributed by atoms with Gasteiger partial charge in [0.25, 0.3) is 5.69 Å². The van der Waals surface area contributed by atoms with E-state index >= 15 is 0 Å². The number of aryl methyl sites for hydroxylation is 2. The molecule has 12 aromatic rings. The van der Waals surface area contributed by atoms with Gasteiger partial charge in [0.1, 0.15) is 63.2 Å². The first kappa shape index (κ1) is 86.7. The summed E-state index contributed by atoms with van der Waals surface area (Å²) in [5.41, 5.74) is 23.3. The second-order valence-corrected chi connectivity index (χ2v) is 27.8. The Morgan fingerprint density at radius 1 is 0.542 bits per heavy atom. The minimum Gasteiger partial charge on any atom is -0.497 e. The molecule has 0 spiro atoms. The second-order valence-electron chi connectivity index (χ2n) is 22.0. The topological polar surface area (TPSA) is 384 Å². The molecule has 0 unspecified atom stereocenters. The number of methoxy groups -OCH3 is 3. The Hall–Kier alpha value is -10.9. The maximum absolute atomic E-state index is 13.5. The number of para-hydroxylation sites is 3. The Labute approximate surface area is 630 Å². The van der Waals surface area contributed by atoms with Crippen LogP contribution in [0.1, 0.15) is 35.2 Å². The summed E-state index contributed by atoms with van der Waals surface area (Å²) in [5, 5.41) is 61.0. The first-order valence-corrected chi connectivity index (χ1v) is 34.9. The minimum absolute atomic E-state index is 0. The Morgan fingerprint density at radius 3 is 1.37 bits per heavy atom. The van der Waals surface area contributed by atoms with Gasteiger partial charge in [0.05, 0.1) is 42.9 Å². The van der Waals surface area contributed by atoms with Crippen LogP contribution < -0.4 is 53.2 Å². The number of nitrogens with zero attached hydrogens (tertiary/aromatic N) is 11. The fourth-order valence-electron chi connectivity index (χ4n) is 9.13. The first-order valence-electron chi connectivity index (χ1n) is 30.0. The summed E-state index contributed by atoms with van der Waals surface area (Å²) in [4.78, 5) is 22.2. The van der Waals surface area contributed by atoms with E-state index in [-0.39, 0.29) is 85.3 Å². The quantitative estimate of drug-likeness (QED) is 0.00977. The molecule has 24 nitrogen and oxygen atoms in total. The smallest absolute Gasteiger partial charge is 0.492 e. The third-order valence-corrected chi connectivity index (χ3v) is 17.4. The Balaban J connectivity index is 0.000000243. The molecule has 0 atom stereocenters. The minimum atomic E-state index is -4.57. The lowest BCUT2D eigenvalue weighted by Crippen LogP contribution is -2.30. The number of hydrogen-bond acceptors (Lipinski definition) is 23. The number of hydrogen-bond donors (Lipinski definition) is 7. The molecule has 0 amide bonds. The van der Waals surface area contributed by atoms with Crippen molar-refractivity contribution in [1.82, 2.24) is 45.5 Å².